The number of rotatable bonds is 5. The lowest BCUT2D eigenvalue weighted by Crippen LogP contribution is -2.25. The number of nitrogens with one attached hydrogen (secondary N) is 1. The molecule has 1 aromatic heterocycles. The van der Waals surface area contributed by atoms with Crippen molar-refractivity contribution >= 4 is 28.4 Å². The van der Waals surface area contributed by atoms with Gasteiger partial charge in [-0.15, -0.1) is 5.10 Å². The number of aryl methyl sites for hydroxylation is 1. The first kappa shape index (κ1) is 15.5. The van der Waals surface area contributed by atoms with E-state index in [0.717, 1.165) is 21.4 Å². The first-order valence-corrected chi connectivity index (χ1v) is 8.37. The Bertz CT molecular complexity index is 830. The number of hydrogen-bond acceptors (Lipinski definition) is 4. The van der Waals surface area contributed by atoms with E-state index in [0.29, 0.717) is 12.3 Å². The van der Waals surface area contributed by atoms with Crippen LogP contribution in [0.3, 0.4) is 0 Å². The van der Waals surface area contributed by atoms with E-state index in [1.807, 2.05) is 55.5 Å². The molecule has 3 aromatic rings. The fourth-order valence-corrected chi connectivity index (χ4v) is 3.11. The molecule has 116 valence electrons. The minimum atomic E-state index is -0.00649. The van der Waals surface area contributed by atoms with Crippen LogP contribution >= 0.6 is 11.8 Å². The van der Waals surface area contributed by atoms with Crippen molar-refractivity contribution in [1.82, 2.24) is 15.5 Å². The fourth-order valence-electron chi connectivity index (χ4n) is 2.30. The maximum atomic E-state index is 12.1. The third-order valence-electron chi connectivity index (χ3n) is 3.61. The van der Waals surface area contributed by atoms with Gasteiger partial charge < -0.3 is 5.32 Å². The van der Waals surface area contributed by atoms with E-state index in [1.54, 1.807) is 6.20 Å². The lowest BCUT2D eigenvalue weighted by molar-refractivity contribution is -0.118. The minimum absolute atomic E-state index is 0.00649. The zero-order chi connectivity index (χ0) is 16.1. The van der Waals surface area contributed by atoms with Crippen molar-refractivity contribution in [2.45, 2.75) is 18.5 Å². The van der Waals surface area contributed by atoms with E-state index < -0.39 is 0 Å². The molecule has 1 amide bonds. The molecule has 0 aliphatic carbocycles. The van der Waals surface area contributed by atoms with Gasteiger partial charge in [-0.1, -0.05) is 60.3 Å². The summed E-state index contributed by atoms with van der Waals surface area (Å²) < 4.78 is 0. The molecule has 1 N–H and O–H groups in total. The van der Waals surface area contributed by atoms with Crippen LogP contribution < -0.4 is 5.32 Å². The van der Waals surface area contributed by atoms with Crippen LogP contribution in [-0.4, -0.2) is 21.9 Å². The van der Waals surface area contributed by atoms with Gasteiger partial charge in [-0.25, -0.2) is 0 Å². The Hall–Kier alpha value is -2.40. The maximum Gasteiger partial charge on any atom is 0.230 e. The van der Waals surface area contributed by atoms with E-state index in [9.17, 15) is 4.79 Å². The number of benzene rings is 2. The molecule has 23 heavy (non-hydrogen) atoms. The quantitative estimate of drug-likeness (QED) is 0.732. The Balaban J connectivity index is 1.59. The normalized spacial score (nSPS) is 10.7. The van der Waals surface area contributed by atoms with Gasteiger partial charge in [0.2, 0.25) is 5.91 Å². The molecular formula is C18H17N3OS. The molecule has 0 spiro atoms. The Morgan fingerprint density at radius 2 is 1.91 bits per heavy atom. The molecule has 0 aliphatic rings. The highest BCUT2D eigenvalue weighted by molar-refractivity contribution is 8.00. The minimum Gasteiger partial charge on any atom is -0.351 e. The number of carbonyl (C=O) groups excluding carboxylic acids is 1. The first-order chi connectivity index (χ1) is 11.2. The molecule has 0 aliphatic heterocycles. The molecule has 2 aromatic carbocycles. The second kappa shape index (κ2) is 7.24. The molecule has 0 bridgehead atoms. The largest absolute Gasteiger partial charge is 0.351 e. The molecule has 1 heterocycles. The molecule has 0 fully saturated rings. The van der Waals surface area contributed by atoms with Crippen LogP contribution in [0.1, 0.15) is 11.1 Å². The summed E-state index contributed by atoms with van der Waals surface area (Å²) in [5.41, 5.74) is 2.32. The van der Waals surface area contributed by atoms with Crippen molar-refractivity contribution in [1.29, 1.82) is 0 Å². The highest BCUT2D eigenvalue weighted by Crippen LogP contribution is 2.24. The second-order valence-electron chi connectivity index (χ2n) is 5.23. The van der Waals surface area contributed by atoms with E-state index in [-0.39, 0.29) is 5.91 Å². The third-order valence-corrected chi connectivity index (χ3v) is 4.60. The topological polar surface area (TPSA) is 54.9 Å². The Morgan fingerprint density at radius 3 is 2.78 bits per heavy atom. The number of thioether (sulfide) groups is 1. The van der Waals surface area contributed by atoms with Crippen molar-refractivity contribution < 1.29 is 4.79 Å². The fraction of sp³-hybridized carbons (Fsp3) is 0.167. The average Bonchev–Trinajstić information content (AvgIpc) is 2.59. The molecule has 0 atom stereocenters. The summed E-state index contributed by atoms with van der Waals surface area (Å²) in [4.78, 5) is 12.1. The number of hydrogen-bond donors (Lipinski definition) is 1. The maximum absolute atomic E-state index is 12.1. The van der Waals surface area contributed by atoms with Gasteiger partial charge in [-0.05, 0) is 18.1 Å². The average molecular weight is 323 g/mol. The van der Waals surface area contributed by atoms with Crippen LogP contribution in [0.2, 0.25) is 0 Å². The Kier molecular flexibility index (Phi) is 4.88. The van der Waals surface area contributed by atoms with Gasteiger partial charge in [0, 0.05) is 17.3 Å². The number of aromatic nitrogens is 2. The van der Waals surface area contributed by atoms with Crippen LogP contribution in [0, 0.1) is 6.92 Å². The lowest BCUT2D eigenvalue weighted by atomic mass is 10.1. The number of nitrogens with zero attached hydrogens (tertiary/aromatic N) is 2. The van der Waals surface area contributed by atoms with Crippen LogP contribution in [0.5, 0.6) is 0 Å². The van der Waals surface area contributed by atoms with Gasteiger partial charge in [0.05, 0.1) is 11.9 Å². The highest BCUT2D eigenvalue weighted by Gasteiger charge is 2.08. The monoisotopic (exact) mass is 323 g/mol. The Morgan fingerprint density at radius 1 is 1.13 bits per heavy atom. The summed E-state index contributed by atoms with van der Waals surface area (Å²) >= 11 is 1.41. The predicted molar refractivity (Wildman–Crippen MR) is 93.3 cm³/mol. The van der Waals surface area contributed by atoms with Crippen LogP contribution in [-0.2, 0) is 11.3 Å². The summed E-state index contributed by atoms with van der Waals surface area (Å²) in [5, 5.41) is 13.9. The predicted octanol–water partition coefficient (Wildman–Crippen LogP) is 3.35. The van der Waals surface area contributed by atoms with E-state index in [4.69, 9.17) is 0 Å². The van der Waals surface area contributed by atoms with Gasteiger partial charge in [0.1, 0.15) is 5.03 Å². The number of amides is 1. The van der Waals surface area contributed by atoms with Gasteiger partial charge in [0.15, 0.2) is 0 Å². The molecule has 0 unspecified atom stereocenters. The summed E-state index contributed by atoms with van der Waals surface area (Å²) in [5.74, 6) is 0.321. The van der Waals surface area contributed by atoms with Crippen LogP contribution in [0.4, 0.5) is 0 Å². The van der Waals surface area contributed by atoms with Gasteiger partial charge in [0.25, 0.3) is 0 Å². The van der Waals surface area contributed by atoms with Crippen LogP contribution in [0.25, 0.3) is 10.8 Å². The van der Waals surface area contributed by atoms with Gasteiger partial charge in [-0.3, -0.25) is 4.79 Å². The highest BCUT2D eigenvalue weighted by atomic mass is 32.2. The van der Waals surface area contributed by atoms with Crippen molar-refractivity contribution in [3.63, 3.8) is 0 Å². The zero-order valence-electron chi connectivity index (χ0n) is 12.8. The van der Waals surface area contributed by atoms with Gasteiger partial charge >= 0.3 is 0 Å². The molecular weight excluding hydrogens is 306 g/mol. The summed E-state index contributed by atoms with van der Waals surface area (Å²) in [7, 11) is 0. The smallest absolute Gasteiger partial charge is 0.230 e. The SMILES string of the molecule is Cc1ccccc1CNC(=O)CSc1nncc2ccccc12. The second-order valence-corrected chi connectivity index (χ2v) is 6.19. The molecule has 4 nitrogen and oxygen atoms in total. The molecule has 0 saturated carbocycles. The number of carbonyl (C=O) groups is 1. The summed E-state index contributed by atoms with van der Waals surface area (Å²) in [6.07, 6.45) is 1.73. The van der Waals surface area contributed by atoms with Crippen LogP contribution in [0.15, 0.2) is 59.8 Å². The van der Waals surface area contributed by atoms with Crippen molar-refractivity contribution in [3.8, 4) is 0 Å². The third kappa shape index (κ3) is 3.87. The van der Waals surface area contributed by atoms with Gasteiger partial charge in [-0.2, -0.15) is 5.10 Å². The molecule has 3 rings (SSSR count). The number of fused-ring (bicyclic) bond motifs is 1. The summed E-state index contributed by atoms with van der Waals surface area (Å²) in [6, 6.07) is 16.0. The van der Waals surface area contributed by atoms with Crippen molar-refractivity contribution in [3.05, 3.63) is 65.9 Å². The van der Waals surface area contributed by atoms with E-state index >= 15 is 0 Å². The van der Waals surface area contributed by atoms with Crippen molar-refractivity contribution in [2.24, 2.45) is 0 Å². The molecule has 0 radical (unpaired) electrons. The zero-order valence-corrected chi connectivity index (χ0v) is 13.6. The molecule has 5 heteroatoms. The van der Waals surface area contributed by atoms with E-state index in [2.05, 4.69) is 15.5 Å². The van der Waals surface area contributed by atoms with E-state index in [1.165, 1.54) is 17.3 Å². The standard InChI is InChI=1S/C18H17N3OS/c1-13-6-2-3-7-14(13)10-19-17(22)12-23-18-16-9-5-4-8-15(16)11-20-21-18/h2-9,11H,10,12H2,1H3,(H,19,22). The first-order valence-electron chi connectivity index (χ1n) is 7.38. The Labute approximate surface area is 139 Å². The summed E-state index contributed by atoms with van der Waals surface area (Å²) in [6.45, 7) is 2.59. The molecule has 0 saturated heterocycles. The lowest BCUT2D eigenvalue weighted by Gasteiger charge is -2.08. The van der Waals surface area contributed by atoms with Crippen molar-refractivity contribution in [2.75, 3.05) is 5.75 Å².